The number of rotatable bonds is 5. The molecule has 2 aromatic rings. The lowest BCUT2D eigenvalue weighted by Gasteiger charge is -2.15. The first-order valence-corrected chi connectivity index (χ1v) is 6.43. The molecule has 0 aliphatic carbocycles. The summed E-state index contributed by atoms with van der Waals surface area (Å²) in [4.78, 5) is 0. The van der Waals surface area contributed by atoms with Gasteiger partial charge in [-0.3, -0.25) is 0 Å². The van der Waals surface area contributed by atoms with Crippen LogP contribution >= 0.6 is 0 Å². The molecule has 0 aliphatic rings. The molecule has 0 fully saturated rings. The Morgan fingerprint density at radius 1 is 1.11 bits per heavy atom. The van der Waals surface area contributed by atoms with Crippen LogP contribution in [0, 0.1) is 5.82 Å². The molecular weight excluding hydrogens is 241 g/mol. The summed E-state index contributed by atoms with van der Waals surface area (Å²) in [6, 6.07) is 14.0. The van der Waals surface area contributed by atoms with Gasteiger partial charge in [0.2, 0.25) is 0 Å². The minimum atomic E-state index is -0.372. The molecular formula is C16H18FNO. The second kappa shape index (κ2) is 6.34. The minimum absolute atomic E-state index is 0.260. The van der Waals surface area contributed by atoms with E-state index in [1.165, 1.54) is 6.07 Å². The van der Waals surface area contributed by atoms with Gasteiger partial charge < -0.3 is 10.5 Å². The molecule has 0 saturated carbocycles. The van der Waals surface area contributed by atoms with Gasteiger partial charge in [-0.2, -0.15) is 0 Å². The Kier molecular flexibility index (Phi) is 4.53. The standard InChI is InChI=1S/C16H18FNO/c1-2-19-16-10-6-3-7-12(16)11-15(18)13-8-4-5-9-14(13)17/h3-10,15H,2,11,18H2,1H3. The van der Waals surface area contributed by atoms with E-state index >= 15 is 0 Å². The molecule has 1 unspecified atom stereocenters. The molecule has 0 saturated heterocycles. The number of halogens is 1. The van der Waals surface area contributed by atoms with Crippen molar-refractivity contribution in [2.24, 2.45) is 5.73 Å². The molecule has 0 bridgehead atoms. The van der Waals surface area contributed by atoms with E-state index in [9.17, 15) is 4.39 Å². The number of ether oxygens (including phenoxy) is 1. The van der Waals surface area contributed by atoms with Crippen LogP contribution in [0.5, 0.6) is 5.75 Å². The predicted molar refractivity (Wildman–Crippen MR) is 74.6 cm³/mol. The van der Waals surface area contributed by atoms with E-state index < -0.39 is 0 Å². The molecule has 2 rings (SSSR count). The van der Waals surface area contributed by atoms with Crippen LogP contribution in [0.15, 0.2) is 48.5 Å². The number of para-hydroxylation sites is 1. The van der Waals surface area contributed by atoms with Gasteiger partial charge in [0.1, 0.15) is 11.6 Å². The summed E-state index contributed by atoms with van der Waals surface area (Å²) in [7, 11) is 0. The monoisotopic (exact) mass is 259 g/mol. The Bertz CT molecular complexity index is 542. The molecule has 0 heterocycles. The quantitative estimate of drug-likeness (QED) is 0.892. The van der Waals surface area contributed by atoms with E-state index in [-0.39, 0.29) is 11.9 Å². The third-order valence-corrected chi connectivity index (χ3v) is 3.02. The van der Waals surface area contributed by atoms with Crippen LogP contribution < -0.4 is 10.5 Å². The van der Waals surface area contributed by atoms with Crippen molar-refractivity contribution in [1.82, 2.24) is 0 Å². The second-order valence-corrected chi connectivity index (χ2v) is 4.37. The number of benzene rings is 2. The van der Waals surface area contributed by atoms with Gasteiger partial charge in [-0.25, -0.2) is 4.39 Å². The Balaban J connectivity index is 2.19. The number of nitrogens with two attached hydrogens (primary N) is 1. The first-order chi connectivity index (χ1) is 9.22. The van der Waals surface area contributed by atoms with Crippen molar-refractivity contribution in [2.75, 3.05) is 6.61 Å². The van der Waals surface area contributed by atoms with Crippen LogP contribution in [0.4, 0.5) is 4.39 Å². The van der Waals surface area contributed by atoms with Gasteiger partial charge in [0.15, 0.2) is 0 Å². The van der Waals surface area contributed by atoms with Crippen molar-refractivity contribution in [3.05, 3.63) is 65.5 Å². The van der Waals surface area contributed by atoms with E-state index in [4.69, 9.17) is 10.5 Å². The van der Waals surface area contributed by atoms with E-state index in [0.29, 0.717) is 18.6 Å². The molecule has 2 nitrogen and oxygen atoms in total. The fraction of sp³-hybridized carbons (Fsp3) is 0.250. The lowest BCUT2D eigenvalue weighted by Crippen LogP contribution is -2.15. The van der Waals surface area contributed by atoms with Crippen molar-refractivity contribution in [3.63, 3.8) is 0 Å². The summed E-state index contributed by atoms with van der Waals surface area (Å²) in [5.41, 5.74) is 7.63. The Labute approximate surface area is 113 Å². The highest BCUT2D eigenvalue weighted by Crippen LogP contribution is 2.25. The Hall–Kier alpha value is -1.87. The third-order valence-electron chi connectivity index (χ3n) is 3.02. The molecule has 19 heavy (non-hydrogen) atoms. The maximum absolute atomic E-state index is 13.7. The van der Waals surface area contributed by atoms with Gasteiger partial charge in [-0.1, -0.05) is 36.4 Å². The van der Waals surface area contributed by atoms with Gasteiger partial charge in [-0.15, -0.1) is 0 Å². The molecule has 0 amide bonds. The van der Waals surface area contributed by atoms with Crippen LogP contribution in [0.1, 0.15) is 24.1 Å². The van der Waals surface area contributed by atoms with Crippen molar-refractivity contribution in [3.8, 4) is 5.75 Å². The molecule has 3 heteroatoms. The summed E-state index contributed by atoms with van der Waals surface area (Å²) in [6.07, 6.45) is 0.553. The molecule has 0 aliphatic heterocycles. The van der Waals surface area contributed by atoms with Gasteiger partial charge in [0.25, 0.3) is 0 Å². The highest BCUT2D eigenvalue weighted by molar-refractivity contribution is 5.35. The average molecular weight is 259 g/mol. The van der Waals surface area contributed by atoms with Crippen LogP contribution in [-0.2, 0) is 6.42 Å². The van der Waals surface area contributed by atoms with Crippen molar-refractivity contribution < 1.29 is 9.13 Å². The van der Waals surface area contributed by atoms with E-state index in [2.05, 4.69) is 0 Å². The summed E-state index contributed by atoms with van der Waals surface area (Å²) in [6.45, 7) is 2.54. The highest BCUT2D eigenvalue weighted by atomic mass is 19.1. The van der Waals surface area contributed by atoms with Crippen LogP contribution in [0.3, 0.4) is 0 Å². The van der Waals surface area contributed by atoms with Crippen molar-refractivity contribution in [2.45, 2.75) is 19.4 Å². The molecule has 100 valence electrons. The van der Waals surface area contributed by atoms with Gasteiger partial charge in [0.05, 0.1) is 6.61 Å². The van der Waals surface area contributed by atoms with Gasteiger partial charge in [0, 0.05) is 11.6 Å². The third kappa shape index (κ3) is 3.32. The van der Waals surface area contributed by atoms with Crippen LogP contribution in [0.25, 0.3) is 0 Å². The first kappa shape index (κ1) is 13.6. The molecule has 0 spiro atoms. The van der Waals surface area contributed by atoms with Crippen LogP contribution in [0.2, 0.25) is 0 Å². The zero-order valence-corrected chi connectivity index (χ0v) is 11.0. The summed E-state index contributed by atoms with van der Waals surface area (Å²) in [5.74, 6) is 0.556. The Morgan fingerprint density at radius 3 is 2.53 bits per heavy atom. The zero-order valence-electron chi connectivity index (χ0n) is 11.0. The molecule has 0 aromatic heterocycles. The summed E-state index contributed by atoms with van der Waals surface area (Å²) in [5, 5.41) is 0. The van der Waals surface area contributed by atoms with Gasteiger partial charge in [-0.05, 0) is 31.0 Å². The fourth-order valence-electron chi connectivity index (χ4n) is 2.09. The zero-order chi connectivity index (χ0) is 13.7. The molecule has 1 atom stereocenters. The number of hydrogen-bond donors (Lipinski definition) is 1. The highest BCUT2D eigenvalue weighted by Gasteiger charge is 2.13. The molecule has 0 radical (unpaired) electrons. The predicted octanol–water partition coefficient (Wildman–Crippen LogP) is 3.47. The Morgan fingerprint density at radius 2 is 1.79 bits per heavy atom. The van der Waals surface area contributed by atoms with Gasteiger partial charge >= 0.3 is 0 Å². The minimum Gasteiger partial charge on any atom is -0.494 e. The fourth-order valence-corrected chi connectivity index (χ4v) is 2.09. The first-order valence-electron chi connectivity index (χ1n) is 6.43. The average Bonchev–Trinajstić information content (AvgIpc) is 2.41. The topological polar surface area (TPSA) is 35.2 Å². The van der Waals surface area contributed by atoms with E-state index in [1.54, 1.807) is 18.2 Å². The van der Waals surface area contributed by atoms with E-state index in [1.807, 2.05) is 31.2 Å². The maximum Gasteiger partial charge on any atom is 0.127 e. The SMILES string of the molecule is CCOc1ccccc1CC(N)c1ccccc1F. The second-order valence-electron chi connectivity index (χ2n) is 4.37. The molecule has 2 N–H and O–H groups in total. The van der Waals surface area contributed by atoms with Crippen LogP contribution in [-0.4, -0.2) is 6.61 Å². The normalized spacial score (nSPS) is 12.2. The van der Waals surface area contributed by atoms with Crippen molar-refractivity contribution in [1.29, 1.82) is 0 Å². The largest absolute Gasteiger partial charge is 0.494 e. The van der Waals surface area contributed by atoms with Crippen molar-refractivity contribution >= 4 is 0 Å². The summed E-state index contributed by atoms with van der Waals surface area (Å²) < 4.78 is 19.2. The maximum atomic E-state index is 13.7. The van der Waals surface area contributed by atoms with E-state index in [0.717, 1.165) is 11.3 Å². The smallest absolute Gasteiger partial charge is 0.127 e. The lowest BCUT2D eigenvalue weighted by atomic mass is 9.98. The summed E-state index contributed by atoms with van der Waals surface area (Å²) >= 11 is 0. The lowest BCUT2D eigenvalue weighted by molar-refractivity contribution is 0.335. The number of hydrogen-bond acceptors (Lipinski definition) is 2. The molecule has 2 aromatic carbocycles.